The molecule has 0 aliphatic rings. The van der Waals surface area contributed by atoms with E-state index in [4.69, 9.17) is 11.6 Å². The average molecular weight is 248 g/mol. The van der Waals surface area contributed by atoms with Crippen LogP contribution in [-0.2, 0) is 6.54 Å². The molecule has 0 fully saturated rings. The highest BCUT2D eigenvalue weighted by atomic mass is 35.5. The minimum Gasteiger partial charge on any atom is -0.299 e. The maximum absolute atomic E-state index is 13.4. The van der Waals surface area contributed by atoms with Crippen molar-refractivity contribution in [3.63, 3.8) is 0 Å². The van der Waals surface area contributed by atoms with Crippen molar-refractivity contribution in [1.82, 2.24) is 4.90 Å². The molecule has 0 aromatic heterocycles. The summed E-state index contributed by atoms with van der Waals surface area (Å²) in [5.41, 5.74) is 0.399. The molecule has 1 aromatic rings. The van der Waals surface area contributed by atoms with E-state index in [1.54, 1.807) is 0 Å². The lowest BCUT2D eigenvalue weighted by molar-refractivity contribution is 0.276. The summed E-state index contributed by atoms with van der Waals surface area (Å²) < 4.78 is 26.3. The van der Waals surface area contributed by atoms with E-state index in [9.17, 15) is 8.78 Å². The zero-order valence-electron chi connectivity index (χ0n) is 9.35. The normalized spacial score (nSPS) is 11.1. The number of hydrogen-bond acceptors (Lipinski definition) is 1. The van der Waals surface area contributed by atoms with Gasteiger partial charge in [-0.05, 0) is 37.7 Å². The smallest absolute Gasteiger partial charge is 0.127 e. The van der Waals surface area contributed by atoms with E-state index in [-0.39, 0.29) is 5.82 Å². The van der Waals surface area contributed by atoms with Gasteiger partial charge in [-0.1, -0.05) is 6.92 Å². The van der Waals surface area contributed by atoms with E-state index in [0.717, 1.165) is 25.6 Å². The molecule has 0 unspecified atom stereocenters. The van der Waals surface area contributed by atoms with Crippen molar-refractivity contribution in [2.24, 2.45) is 0 Å². The molecule has 0 heterocycles. The predicted octanol–water partition coefficient (Wildman–Crippen LogP) is 3.42. The summed E-state index contributed by atoms with van der Waals surface area (Å²) in [4.78, 5) is 2.04. The van der Waals surface area contributed by atoms with E-state index in [1.165, 1.54) is 12.1 Å². The quantitative estimate of drug-likeness (QED) is 0.697. The summed E-state index contributed by atoms with van der Waals surface area (Å²) in [6, 6.07) is 3.55. The van der Waals surface area contributed by atoms with Crippen LogP contribution in [0.3, 0.4) is 0 Å². The second kappa shape index (κ2) is 6.81. The van der Waals surface area contributed by atoms with Crippen LogP contribution in [0, 0.1) is 11.6 Å². The molecule has 0 aliphatic carbocycles. The third-order valence-corrected chi connectivity index (χ3v) is 2.72. The van der Waals surface area contributed by atoms with Crippen LogP contribution in [0.1, 0.15) is 18.9 Å². The van der Waals surface area contributed by atoms with Crippen molar-refractivity contribution in [2.75, 3.05) is 19.0 Å². The van der Waals surface area contributed by atoms with E-state index >= 15 is 0 Å². The van der Waals surface area contributed by atoms with Crippen molar-refractivity contribution < 1.29 is 8.78 Å². The zero-order chi connectivity index (χ0) is 12.0. The van der Waals surface area contributed by atoms with E-state index < -0.39 is 5.82 Å². The van der Waals surface area contributed by atoms with Crippen LogP contribution in [-0.4, -0.2) is 23.9 Å². The summed E-state index contributed by atoms with van der Waals surface area (Å²) >= 11 is 5.60. The van der Waals surface area contributed by atoms with Gasteiger partial charge in [0.15, 0.2) is 0 Å². The number of nitrogens with zero attached hydrogens (tertiary/aromatic N) is 1. The molecular formula is C12H16ClF2N. The van der Waals surface area contributed by atoms with Crippen molar-refractivity contribution in [3.8, 4) is 0 Å². The Hall–Kier alpha value is -0.670. The van der Waals surface area contributed by atoms with Gasteiger partial charge in [-0.25, -0.2) is 8.78 Å². The highest BCUT2D eigenvalue weighted by molar-refractivity contribution is 6.17. The number of hydrogen-bond donors (Lipinski definition) is 0. The Morgan fingerprint density at radius 3 is 2.69 bits per heavy atom. The molecule has 0 saturated carbocycles. The van der Waals surface area contributed by atoms with Crippen LogP contribution < -0.4 is 0 Å². The maximum Gasteiger partial charge on any atom is 0.127 e. The maximum atomic E-state index is 13.4. The van der Waals surface area contributed by atoms with Gasteiger partial charge in [0.05, 0.1) is 0 Å². The van der Waals surface area contributed by atoms with Gasteiger partial charge in [0.1, 0.15) is 11.6 Å². The van der Waals surface area contributed by atoms with E-state index in [1.807, 2.05) is 11.8 Å². The number of halogens is 3. The van der Waals surface area contributed by atoms with Crippen molar-refractivity contribution in [1.29, 1.82) is 0 Å². The summed E-state index contributed by atoms with van der Waals surface area (Å²) in [6.07, 6.45) is 0.854. The molecule has 0 bridgehead atoms. The van der Waals surface area contributed by atoms with Gasteiger partial charge in [-0.2, -0.15) is 0 Å². The van der Waals surface area contributed by atoms with E-state index in [0.29, 0.717) is 18.0 Å². The Kier molecular flexibility index (Phi) is 5.71. The Bertz CT molecular complexity index is 331. The lowest BCUT2D eigenvalue weighted by Gasteiger charge is -2.20. The van der Waals surface area contributed by atoms with Crippen molar-refractivity contribution in [2.45, 2.75) is 19.9 Å². The third kappa shape index (κ3) is 4.06. The van der Waals surface area contributed by atoms with Crippen molar-refractivity contribution in [3.05, 3.63) is 35.4 Å². The first-order valence-corrected chi connectivity index (χ1v) is 5.93. The lowest BCUT2D eigenvalue weighted by Crippen LogP contribution is -2.24. The lowest BCUT2D eigenvalue weighted by atomic mass is 10.2. The number of rotatable bonds is 6. The first kappa shape index (κ1) is 13.4. The first-order valence-electron chi connectivity index (χ1n) is 5.39. The highest BCUT2D eigenvalue weighted by Crippen LogP contribution is 2.12. The Morgan fingerprint density at radius 1 is 1.31 bits per heavy atom. The van der Waals surface area contributed by atoms with Gasteiger partial charge in [-0.3, -0.25) is 4.90 Å². The van der Waals surface area contributed by atoms with Gasteiger partial charge < -0.3 is 0 Å². The average Bonchev–Trinajstić information content (AvgIpc) is 2.28. The molecule has 4 heteroatoms. The fourth-order valence-corrected chi connectivity index (χ4v) is 1.66. The summed E-state index contributed by atoms with van der Waals surface area (Å²) in [7, 11) is 0. The predicted molar refractivity (Wildman–Crippen MR) is 62.6 cm³/mol. The fourth-order valence-electron chi connectivity index (χ4n) is 1.54. The topological polar surface area (TPSA) is 3.24 Å². The minimum atomic E-state index is -0.398. The largest absolute Gasteiger partial charge is 0.299 e. The fraction of sp³-hybridized carbons (Fsp3) is 0.500. The SMILES string of the molecule is CCN(CCCCl)Cc1cc(F)ccc1F. The molecular weight excluding hydrogens is 232 g/mol. The number of benzene rings is 1. The Balaban J connectivity index is 2.65. The molecule has 1 rings (SSSR count). The van der Waals surface area contributed by atoms with Crippen LogP contribution in [0.15, 0.2) is 18.2 Å². The molecule has 0 spiro atoms. The molecule has 0 saturated heterocycles. The van der Waals surface area contributed by atoms with Gasteiger partial charge in [0.2, 0.25) is 0 Å². The minimum absolute atomic E-state index is 0.356. The molecule has 1 aromatic carbocycles. The molecule has 0 N–H and O–H groups in total. The highest BCUT2D eigenvalue weighted by Gasteiger charge is 2.08. The summed E-state index contributed by atoms with van der Waals surface area (Å²) in [6.45, 7) is 4.02. The summed E-state index contributed by atoms with van der Waals surface area (Å²) in [5.74, 6) is -0.169. The molecule has 0 atom stereocenters. The van der Waals surface area contributed by atoms with Crippen LogP contribution in [0.5, 0.6) is 0 Å². The second-order valence-electron chi connectivity index (χ2n) is 3.65. The van der Waals surface area contributed by atoms with Gasteiger partial charge in [-0.15, -0.1) is 11.6 Å². The molecule has 16 heavy (non-hydrogen) atoms. The van der Waals surface area contributed by atoms with Crippen molar-refractivity contribution >= 4 is 11.6 Å². The van der Waals surface area contributed by atoms with Gasteiger partial charge in [0, 0.05) is 18.0 Å². The van der Waals surface area contributed by atoms with Crippen LogP contribution in [0.2, 0.25) is 0 Å². The van der Waals surface area contributed by atoms with Crippen LogP contribution in [0.4, 0.5) is 8.78 Å². The standard InChI is InChI=1S/C12H16ClF2N/c1-2-16(7-3-6-13)9-10-8-11(14)4-5-12(10)15/h4-5,8H,2-3,6-7,9H2,1H3. The van der Waals surface area contributed by atoms with E-state index in [2.05, 4.69) is 0 Å². The first-order chi connectivity index (χ1) is 7.67. The molecule has 90 valence electrons. The Morgan fingerprint density at radius 2 is 2.06 bits per heavy atom. The molecule has 0 amide bonds. The van der Waals surface area contributed by atoms with Gasteiger partial charge >= 0.3 is 0 Å². The molecule has 0 aliphatic heterocycles. The number of alkyl halides is 1. The second-order valence-corrected chi connectivity index (χ2v) is 4.03. The summed E-state index contributed by atoms with van der Waals surface area (Å²) in [5, 5.41) is 0. The zero-order valence-corrected chi connectivity index (χ0v) is 10.1. The van der Waals surface area contributed by atoms with Crippen LogP contribution >= 0.6 is 11.6 Å². The van der Waals surface area contributed by atoms with Crippen LogP contribution in [0.25, 0.3) is 0 Å². The monoisotopic (exact) mass is 247 g/mol. The Labute approximate surface area is 100 Å². The molecule has 1 nitrogen and oxygen atoms in total. The molecule has 0 radical (unpaired) electrons. The third-order valence-electron chi connectivity index (χ3n) is 2.46. The van der Waals surface area contributed by atoms with Gasteiger partial charge in [0.25, 0.3) is 0 Å².